The van der Waals surface area contributed by atoms with Crippen molar-refractivity contribution < 1.29 is 4.74 Å². The van der Waals surface area contributed by atoms with Crippen LogP contribution in [0.1, 0.15) is 37.3 Å². The minimum atomic E-state index is 0.290. The van der Waals surface area contributed by atoms with E-state index in [1.165, 1.54) is 5.56 Å². The lowest BCUT2D eigenvalue weighted by atomic mass is 9.99. The zero-order chi connectivity index (χ0) is 15.4. The van der Waals surface area contributed by atoms with Crippen LogP contribution in [0.5, 0.6) is 11.5 Å². The fourth-order valence-electron chi connectivity index (χ4n) is 2.01. The smallest absolute Gasteiger partial charge is 0.139 e. The van der Waals surface area contributed by atoms with Crippen LogP contribution in [0.3, 0.4) is 0 Å². The molecule has 0 aliphatic carbocycles. The van der Waals surface area contributed by atoms with Crippen molar-refractivity contribution in [3.8, 4) is 11.5 Å². The molecule has 0 saturated carbocycles. The lowest BCUT2D eigenvalue weighted by molar-refractivity contribution is 0.481. The first-order chi connectivity index (χ1) is 10.0. The van der Waals surface area contributed by atoms with Crippen LogP contribution in [0.2, 0.25) is 5.02 Å². The van der Waals surface area contributed by atoms with Gasteiger partial charge in [0.1, 0.15) is 16.5 Å². The van der Waals surface area contributed by atoms with Crippen molar-refractivity contribution in [3.63, 3.8) is 0 Å². The fourth-order valence-corrected chi connectivity index (χ4v) is 2.34. The Kier molecular flexibility index (Phi) is 5.21. The Morgan fingerprint density at radius 3 is 2.48 bits per heavy atom. The van der Waals surface area contributed by atoms with Crippen LogP contribution in [0.15, 0.2) is 42.5 Å². The van der Waals surface area contributed by atoms with Crippen molar-refractivity contribution in [3.05, 3.63) is 58.6 Å². The monoisotopic (exact) mass is 319 g/mol. The average Bonchev–Trinajstić information content (AvgIpc) is 2.47. The van der Waals surface area contributed by atoms with Gasteiger partial charge in [0, 0.05) is 11.1 Å². The second kappa shape index (κ2) is 6.92. The van der Waals surface area contributed by atoms with Crippen LogP contribution in [0.25, 0.3) is 0 Å². The van der Waals surface area contributed by atoms with Crippen LogP contribution < -0.4 is 10.5 Å². The molecule has 0 radical (unpaired) electrons. The third kappa shape index (κ3) is 3.96. The molecule has 2 N–H and O–H groups in total. The molecule has 4 heteroatoms. The Morgan fingerprint density at radius 1 is 1.24 bits per heavy atom. The van der Waals surface area contributed by atoms with Crippen LogP contribution >= 0.6 is 23.8 Å². The predicted octanol–water partition coefficient (Wildman–Crippen LogP) is 5.28. The number of thiocarbonyl (C=S) groups is 1. The molecule has 0 amide bonds. The summed E-state index contributed by atoms with van der Waals surface area (Å²) >= 11 is 11.0. The highest BCUT2D eigenvalue weighted by atomic mass is 35.5. The summed E-state index contributed by atoms with van der Waals surface area (Å²) in [6.07, 6.45) is 1.11. The number of halogens is 1. The molecule has 1 unspecified atom stereocenters. The molecule has 0 fully saturated rings. The van der Waals surface area contributed by atoms with Gasteiger partial charge in [-0.15, -0.1) is 0 Å². The van der Waals surface area contributed by atoms with E-state index in [9.17, 15) is 0 Å². The van der Waals surface area contributed by atoms with Gasteiger partial charge in [-0.25, -0.2) is 0 Å². The van der Waals surface area contributed by atoms with Gasteiger partial charge in [-0.3, -0.25) is 0 Å². The zero-order valence-corrected chi connectivity index (χ0v) is 13.7. The Hall–Kier alpha value is -1.58. The molecule has 0 aliphatic rings. The lowest BCUT2D eigenvalue weighted by Gasteiger charge is -2.13. The first-order valence-electron chi connectivity index (χ1n) is 6.88. The highest BCUT2D eigenvalue weighted by molar-refractivity contribution is 7.80. The van der Waals surface area contributed by atoms with Crippen LogP contribution in [-0.2, 0) is 0 Å². The quantitative estimate of drug-likeness (QED) is 0.761. The summed E-state index contributed by atoms with van der Waals surface area (Å²) in [4.78, 5) is 0.290. The summed E-state index contributed by atoms with van der Waals surface area (Å²) in [7, 11) is 0. The molecule has 2 aromatic carbocycles. The van der Waals surface area contributed by atoms with Crippen LogP contribution in [-0.4, -0.2) is 4.99 Å². The summed E-state index contributed by atoms with van der Waals surface area (Å²) in [5, 5.41) is 0.584. The molecule has 0 saturated heterocycles. The third-order valence-electron chi connectivity index (χ3n) is 3.50. The molecule has 0 aromatic heterocycles. The molecule has 1 atom stereocenters. The maximum absolute atomic E-state index is 6.01. The number of benzene rings is 2. The van der Waals surface area contributed by atoms with E-state index in [0.29, 0.717) is 22.3 Å². The molecule has 0 heterocycles. The normalized spacial score (nSPS) is 12.0. The average molecular weight is 320 g/mol. The second-order valence-corrected chi connectivity index (χ2v) is 5.86. The van der Waals surface area contributed by atoms with E-state index in [2.05, 4.69) is 26.0 Å². The molecular formula is C17H18ClNOS. The number of rotatable bonds is 5. The molecular weight excluding hydrogens is 302 g/mol. The SMILES string of the molecule is CCC(C)c1ccc(Oc2cc(Cl)ccc2C(N)=S)cc1. The third-order valence-corrected chi connectivity index (χ3v) is 3.95. The van der Waals surface area contributed by atoms with Gasteiger partial charge >= 0.3 is 0 Å². The first-order valence-corrected chi connectivity index (χ1v) is 7.67. The summed E-state index contributed by atoms with van der Waals surface area (Å²) < 4.78 is 5.87. The first kappa shape index (κ1) is 15.8. The Bertz CT molecular complexity index is 640. The Balaban J connectivity index is 2.26. The van der Waals surface area contributed by atoms with Gasteiger partial charge < -0.3 is 10.5 Å². The molecule has 0 spiro atoms. The largest absolute Gasteiger partial charge is 0.457 e. The molecule has 110 valence electrons. The van der Waals surface area contributed by atoms with E-state index in [1.807, 2.05) is 12.1 Å². The van der Waals surface area contributed by atoms with Crippen molar-refractivity contribution >= 4 is 28.8 Å². The minimum absolute atomic E-state index is 0.290. The van der Waals surface area contributed by atoms with E-state index in [0.717, 1.165) is 12.2 Å². The maximum atomic E-state index is 6.01. The van der Waals surface area contributed by atoms with E-state index in [1.54, 1.807) is 18.2 Å². The number of hydrogen-bond acceptors (Lipinski definition) is 2. The van der Waals surface area contributed by atoms with Crippen LogP contribution in [0, 0.1) is 0 Å². The standard InChI is InChI=1S/C17H18ClNOS/c1-3-11(2)12-4-7-14(8-5-12)20-16-10-13(18)6-9-15(16)17(19)21/h4-11H,3H2,1-2H3,(H2,19,21). The van der Waals surface area contributed by atoms with Gasteiger partial charge in [0.15, 0.2) is 0 Å². The minimum Gasteiger partial charge on any atom is -0.457 e. The molecule has 21 heavy (non-hydrogen) atoms. The van der Waals surface area contributed by atoms with Gasteiger partial charge in [0.25, 0.3) is 0 Å². The van der Waals surface area contributed by atoms with Crippen molar-refractivity contribution in [2.75, 3.05) is 0 Å². The molecule has 0 bridgehead atoms. The van der Waals surface area contributed by atoms with Crippen molar-refractivity contribution in [1.82, 2.24) is 0 Å². The summed E-state index contributed by atoms with van der Waals surface area (Å²) in [6.45, 7) is 4.38. The number of ether oxygens (including phenoxy) is 1. The van der Waals surface area contributed by atoms with E-state index < -0.39 is 0 Å². The van der Waals surface area contributed by atoms with E-state index in [4.69, 9.17) is 34.3 Å². The fraction of sp³-hybridized carbons (Fsp3) is 0.235. The van der Waals surface area contributed by atoms with Gasteiger partial charge in [-0.2, -0.15) is 0 Å². The number of hydrogen-bond donors (Lipinski definition) is 1. The van der Waals surface area contributed by atoms with Crippen molar-refractivity contribution in [2.24, 2.45) is 5.73 Å². The second-order valence-electron chi connectivity index (χ2n) is 4.99. The number of nitrogens with two attached hydrogens (primary N) is 1. The van der Waals surface area contributed by atoms with Gasteiger partial charge in [-0.05, 0) is 42.2 Å². The predicted molar refractivity (Wildman–Crippen MR) is 92.6 cm³/mol. The highest BCUT2D eigenvalue weighted by Crippen LogP contribution is 2.29. The Morgan fingerprint density at radius 2 is 1.90 bits per heavy atom. The topological polar surface area (TPSA) is 35.2 Å². The van der Waals surface area contributed by atoms with Gasteiger partial charge in [0.05, 0.1) is 5.56 Å². The lowest BCUT2D eigenvalue weighted by Crippen LogP contribution is -2.10. The summed E-state index contributed by atoms with van der Waals surface area (Å²) in [6, 6.07) is 13.3. The zero-order valence-electron chi connectivity index (χ0n) is 12.1. The van der Waals surface area contributed by atoms with Gasteiger partial charge in [-0.1, -0.05) is 49.8 Å². The summed E-state index contributed by atoms with van der Waals surface area (Å²) in [5.74, 6) is 1.85. The molecule has 0 aliphatic heterocycles. The summed E-state index contributed by atoms with van der Waals surface area (Å²) in [5.41, 5.74) is 7.69. The van der Waals surface area contributed by atoms with E-state index >= 15 is 0 Å². The van der Waals surface area contributed by atoms with Crippen molar-refractivity contribution in [2.45, 2.75) is 26.2 Å². The molecule has 2 rings (SSSR count). The maximum Gasteiger partial charge on any atom is 0.139 e. The van der Waals surface area contributed by atoms with Crippen LogP contribution in [0.4, 0.5) is 0 Å². The van der Waals surface area contributed by atoms with E-state index in [-0.39, 0.29) is 4.99 Å². The van der Waals surface area contributed by atoms with Crippen molar-refractivity contribution in [1.29, 1.82) is 0 Å². The van der Waals surface area contributed by atoms with Gasteiger partial charge in [0.2, 0.25) is 0 Å². The molecule has 2 nitrogen and oxygen atoms in total. The Labute approximate surface area is 135 Å². The molecule has 2 aromatic rings. The highest BCUT2D eigenvalue weighted by Gasteiger charge is 2.09.